The Morgan fingerprint density at radius 2 is 1.97 bits per heavy atom. The van der Waals surface area contributed by atoms with Gasteiger partial charge in [0.25, 0.3) is 0 Å². The number of nitrogens with zero attached hydrogens (tertiary/aromatic N) is 4. The van der Waals surface area contributed by atoms with Crippen molar-refractivity contribution in [1.29, 1.82) is 5.26 Å². The van der Waals surface area contributed by atoms with E-state index < -0.39 is 16.0 Å². The van der Waals surface area contributed by atoms with Crippen molar-refractivity contribution < 1.29 is 27.4 Å². The fourth-order valence-electron chi connectivity index (χ4n) is 3.36. The molecule has 0 saturated heterocycles. The fraction of sp³-hybridized carbons (Fsp3) is 0.292. The minimum Gasteiger partial charge on any atom is -0.493 e. The van der Waals surface area contributed by atoms with E-state index in [4.69, 9.17) is 19.5 Å². The van der Waals surface area contributed by atoms with Gasteiger partial charge < -0.3 is 18.8 Å². The van der Waals surface area contributed by atoms with Gasteiger partial charge in [0.2, 0.25) is 10.0 Å². The van der Waals surface area contributed by atoms with Crippen LogP contribution in [0.25, 0.3) is 17.1 Å². The van der Waals surface area contributed by atoms with Crippen molar-refractivity contribution in [2.75, 3.05) is 27.8 Å². The molecule has 3 aromatic rings. The van der Waals surface area contributed by atoms with Crippen LogP contribution in [0.5, 0.6) is 11.5 Å². The van der Waals surface area contributed by atoms with E-state index in [9.17, 15) is 13.2 Å². The van der Waals surface area contributed by atoms with Crippen molar-refractivity contribution in [3.8, 4) is 17.6 Å². The second-order valence-corrected chi connectivity index (χ2v) is 9.66. The van der Waals surface area contributed by atoms with Crippen molar-refractivity contribution in [2.45, 2.75) is 25.0 Å². The van der Waals surface area contributed by atoms with E-state index in [1.807, 2.05) is 17.6 Å². The first kappa shape index (κ1) is 25.7. The van der Waals surface area contributed by atoms with Gasteiger partial charge in [-0.2, -0.15) is 5.26 Å². The van der Waals surface area contributed by atoms with Crippen LogP contribution in [0.4, 0.5) is 0 Å². The van der Waals surface area contributed by atoms with Crippen LogP contribution < -0.4 is 9.47 Å². The SMILES string of the molecule is CCn1c(COC(=O)/C=C/c2ccc(OCC#N)c(OC)c2)nc2cc(S(=O)(=O)N(C)C)ccc21. The zero-order chi connectivity index (χ0) is 25.6. The van der Waals surface area contributed by atoms with Gasteiger partial charge in [0.05, 0.1) is 23.0 Å². The van der Waals surface area contributed by atoms with Crippen LogP contribution in [0.3, 0.4) is 0 Å². The zero-order valence-electron chi connectivity index (χ0n) is 19.9. The lowest BCUT2D eigenvalue weighted by atomic mass is 10.2. The van der Waals surface area contributed by atoms with Crippen LogP contribution in [-0.2, 0) is 32.7 Å². The van der Waals surface area contributed by atoms with Gasteiger partial charge in [-0.25, -0.2) is 22.5 Å². The maximum absolute atomic E-state index is 12.4. The molecular formula is C24H26N4O6S. The first-order valence-electron chi connectivity index (χ1n) is 10.7. The number of sulfonamides is 1. The second-order valence-electron chi connectivity index (χ2n) is 7.51. The molecule has 3 rings (SSSR count). The number of aromatic nitrogens is 2. The van der Waals surface area contributed by atoms with Gasteiger partial charge in [-0.1, -0.05) is 6.07 Å². The van der Waals surface area contributed by atoms with Gasteiger partial charge in [-0.15, -0.1) is 0 Å². The highest BCUT2D eigenvalue weighted by Gasteiger charge is 2.19. The third-order valence-electron chi connectivity index (χ3n) is 5.13. The first-order valence-corrected chi connectivity index (χ1v) is 12.1. The Balaban J connectivity index is 1.73. The number of carbonyl (C=O) groups is 1. The molecule has 0 fully saturated rings. The van der Waals surface area contributed by atoms with E-state index in [-0.39, 0.29) is 18.1 Å². The topological polar surface area (TPSA) is 124 Å². The van der Waals surface area contributed by atoms with Crippen molar-refractivity contribution >= 4 is 33.1 Å². The Morgan fingerprint density at radius 1 is 1.20 bits per heavy atom. The monoisotopic (exact) mass is 498 g/mol. The highest BCUT2D eigenvalue weighted by molar-refractivity contribution is 7.89. The molecule has 2 aromatic carbocycles. The lowest BCUT2D eigenvalue weighted by Gasteiger charge is -2.11. The quantitative estimate of drug-likeness (QED) is 0.309. The van der Waals surface area contributed by atoms with Gasteiger partial charge in [0.1, 0.15) is 18.5 Å². The fourth-order valence-corrected chi connectivity index (χ4v) is 4.28. The van der Waals surface area contributed by atoms with E-state index in [0.29, 0.717) is 34.9 Å². The van der Waals surface area contributed by atoms with Gasteiger partial charge in [-0.3, -0.25) is 0 Å². The predicted molar refractivity (Wildman–Crippen MR) is 129 cm³/mol. The Morgan fingerprint density at radius 3 is 2.63 bits per heavy atom. The highest BCUT2D eigenvalue weighted by atomic mass is 32.2. The average molecular weight is 499 g/mol. The van der Waals surface area contributed by atoms with E-state index >= 15 is 0 Å². The summed E-state index contributed by atoms with van der Waals surface area (Å²) >= 11 is 0. The number of hydrogen-bond acceptors (Lipinski definition) is 8. The molecule has 11 heteroatoms. The molecule has 0 aliphatic heterocycles. The highest BCUT2D eigenvalue weighted by Crippen LogP contribution is 2.28. The average Bonchev–Trinajstić information content (AvgIpc) is 3.21. The smallest absolute Gasteiger partial charge is 0.331 e. The van der Waals surface area contributed by atoms with Crippen molar-refractivity contribution in [2.24, 2.45) is 0 Å². The lowest BCUT2D eigenvalue weighted by molar-refractivity contribution is -0.139. The van der Waals surface area contributed by atoms with Crippen LogP contribution in [0, 0.1) is 11.3 Å². The van der Waals surface area contributed by atoms with Crippen LogP contribution in [0.2, 0.25) is 0 Å². The molecule has 0 amide bonds. The summed E-state index contributed by atoms with van der Waals surface area (Å²) in [7, 11) is 0.825. The number of rotatable bonds is 10. The van der Waals surface area contributed by atoms with Gasteiger partial charge in [-0.05, 0) is 48.9 Å². The minimum absolute atomic E-state index is 0.0777. The summed E-state index contributed by atoms with van der Waals surface area (Å²) in [6.45, 7) is 2.31. The summed E-state index contributed by atoms with van der Waals surface area (Å²) in [5, 5.41) is 8.65. The number of ether oxygens (including phenoxy) is 3. The normalized spacial score (nSPS) is 11.7. The molecule has 0 bridgehead atoms. The van der Waals surface area contributed by atoms with Crippen LogP contribution in [-0.4, -0.2) is 56.1 Å². The van der Waals surface area contributed by atoms with Crippen LogP contribution in [0.1, 0.15) is 18.3 Å². The lowest BCUT2D eigenvalue weighted by Crippen LogP contribution is -2.22. The molecule has 0 aliphatic rings. The molecule has 0 aliphatic carbocycles. The number of aryl methyl sites for hydroxylation is 1. The molecule has 0 radical (unpaired) electrons. The molecule has 0 unspecified atom stereocenters. The molecule has 0 atom stereocenters. The molecular weight excluding hydrogens is 472 g/mol. The Hall–Kier alpha value is -3.88. The van der Waals surface area contributed by atoms with Crippen molar-refractivity contribution in [3.05, 3.63) is 53.9 Å². The second kappa shape index (κ2) is 11.0. The van der Waals surface area contributed by atoms with Crippen LogP contribution >= 0.6 is 0 Å². The Bertz CT molecular complexity index is 1400. The number of fused-ring (bicyclic) bond motifs is 1. The van der Waals surface area contributed by atoms with Gasteiger partial charge in [0, 0.05) is 26.7 Å². The molecule has 184 valence electrons. The Kier molecular flexibility index (Phi) is 8.11. The standard InChI is InChI=1S/C24H26N4O6S/c1-5-28-20-9-8-18(35(30,31)27(2)3)15-19(20)26-23(28)16-34-24(29)11-7-17-6-10-21(33-13-12-25)22(14-17)32-4/h6-11,14-15H,5,13,16H2,1-4H3/b11-7+. The van der Waals surface area contributed by atoms with Crippen molar-refractivity contribution in [1.82, 2.24) is 13.9 Å². The number of esters is 1. The minimum atomic E-state index is -3.59. The molecule has 0 spiro atoms. The summed E-state index contributed by atoms with van der Waals surface area (Å²) in [5.41, 5.74) is 1.93. The summed E-state index contributed by atoms with van der Waals surface area (Å²) in [6.07, 6.45) is 2.85. The van der Waals surface area contributed by atoms with Crippen molar-refractivity contribution in [3.63, 3.8) is 0 Å². The largest absolute Gasteiger partial charge is 0.493 e. The number of carbonyl (C=O) groups excluding carboxylic acids is 1. The predicted octanol–water partition coefficient (Wildman–Crippen LogP) is 2.97. The molecule has 10 nitrogen and oxygen atoms in total. The first-order chi connectivity index (χ1) is 16.7. The molecule has 1 aromatic heterocycles. The van der Waals surface area contributed by atoms with E-state index in [1.165, 1.54) is 39.4 Å². The summed E-state index contributed by atoms with van der Waals surface area (Å²) in [5.74, 6) is 0.792. The number of methoxy groups -OCH3 is 1. The van der Waals surface area contributed by atoms with E-state index in [0.717, 1.165) is 9.82 Å². The number of nitriles is 1. The molecule has 35 heavy (non-hydrogen) atoms. The maximum atomic E-state index is 12.4. The molecule has 0 N–H and O–H groups in total. The third-order valence-corrected chi connectivity index (χ3v) is 6.94. The summed E-state index contributed by atoms with van der Waals surface area (Å²) in [6, 6.07) is 11.7. The number of benzene rings is 2. The number of hydrogen-bond donors (Lipinski definition) is 0. The van der Waals surface area contributed by atoms with Crippen LogP contribution in [0.15, 0.2) is 47.4 Å². The van der Waals surface area contributed by atoms with Gasteiger partial charge in [0.15, 0.2) is 18.1 Å². The number of imidazole rings is 1. The third kappa shape index (κ3) is 5.79. The maximum Gasteiger partial charge on any atom is 0.331 e. The molecule has 0 saturated carbocycles. The molecule has 1 heterocycles. The zero-order valence-corrected chi connectivity index (χ0v) is 20.7. The van der Waals surface area contributed by atoms with Gasteiger partial charge >= 0.3 is 5.97 Å². The summed E-state index contributed by atoms with van der Waals surface area (Å²) in [4.78, 5) is 16.9. The Labute approximate surface area is 204 Å². The van der Waals surface area contributed by atoms with E-state index in [1.54, 1.807) is 30.3 Å². The van der Waals surface area contributed by atoms with E-state index in [2.05, 4.69) is 4.98 Å². The summed E-state index contributed by atoms with van der Waals surface area (Å²) < 4.78 is 43.8.